The lowest BCUT2D eigenvalue weighted by Gasteiger charge is -2.60. The van der Waals surface area contributed by atoms with Gasteiger partial charge in [0.25, 0.3) is 0 Å². The second-order valence-corrected chi connectivity index (χ2v) is 9.55. The maximum atomic E-state index is 5.99. The largest absolute Gasteiger partial charge is 0.377 e. The average Bonchev–Trinajstić information content (AvgIpc) is 2.94. The fraction of sp³-hybridized carbons (Fsp3) is 0.941. The second-order valence-electron chi connectivity index (χ2n) is 7.87. The fourth-order valence-electron chi connectivity index (χ4n) is 4.40. The number of thioether (sulfide) groups is 1. The third-order valence-electron chi connectivity index (χ3n) is 5.78. The molecule has 1 aliphatic carbocycles. The van der Waals surface area contributed by atoms with Crippen molar-refractivity contribution in [3.63, 3.8) is 0 Å². The van der Waals surface area contributed by atoms with Crippen molar-refractivity contribution in [3.05, 3.63) is 0 Å². The Kier molecular flexibility index (Phi) is 6.56. The third-order valence-corrected chi connectivity index (χ3v) is 7.32. The Morgan fingerprint density at radius 1 is 1.30 bits per heavy atom. The zero-order valence-corrected chi connectivity index (χ0v) is 18.0. The number of nitrogens with zero attached hydrogens (tertiary/aromatic N) is 1. The molecule has 0 aromatic heterocycles. The number of ether oxygens (including phenoxy) is 1. The Morgan fingerprint density at radius 2 is 2.09 bits per heavy atom. The van der Waals surface area contributed by atoms with Crippen molar-refractivity contribution in [2.45, 2.75) is 63.3 Å². The summed E-state index contributed by atoms with van der Waals surface area (Å²) in [5, 5.41) is 7.24. The van der Waals surface area contributed by atoms with Crippen LogP contribution in [-0.4, -0.2) is 48.8 Å². The van der Waals surface area contributed by atoms with Gasteiger partial charge in [-0.25, -0.2) is 0 Å². The molecule has 0 spiro atoms. The van der Waals surface area contributed by atoms with Gasteiger partial charge in [-0.1, -0.05) is 13.8 Å². The normalized spacial score (nSPS) is 39.0. The van der Waals surface area contributed by atoms with Crippen LogP contribution in [0.4, 0.5) is 0 Å². The standard InChI is InChI=1S/C17H31N3OS.HI/c1-16(2)13(12-7-5-9-21-14(12)16)20-15(18-4)19-11-17(3)8-6-10-22-17;/h12-14H,5-11H2,1-4H3,(H2,18,19,20);1H. The Morgan fingerprint density at radius 3 is 2.74 bits per heavy atom. The number of rotatable bonds is 3. The highest BCUT2D eigenvalue weighted by atomic mass is 127. The molecule has 0 radical (unpaired) electrons. The van der Waals surface area contributed by atoms with Gasteiger partial charge in [-0.3, -0.25) is 4.99 Å². The van der Waals surface area contributed by atoms with E-state index in [4.69, 9.17) is 4.74 Å². The first-order valence-corrected chi connectivity index (χ1v) is 9.68. The molecule has 2 N–H and O–H groups in total. The number of nitrogens with one attached hydrogen (secondary N) is 2. The molecule has 4 unspecified atom stereocenters. The van der Waals surface area contributed by atoms with Crippen LogP contribution in [0.3, 0.4) is 0 Å². The quantitative estimate of drug-likeness (QED) is 0.391. The number of fused-ring (bicyclic) bond motifs is 1. The zero-order chi connectivity index (χ0) is 15.8. The minimum absolute atomic E-state index is 0. The van der Waals surface area contributed by atoms with Crippen LogP contribution in [-0.2, 0) is 4.74 Å². The number of guanidine groups is 1. The number of halogens is 1. The lowest BCUT2D eigenvalue weighted by atomic mass is 9.55. The molecule has 0 bridgehead atoms. The van der Waals surface area contributed by atoms with Gasteiger partial charge in [-0.05, 0) is 38.4 Å². The summed E-state index contributed by atoms with van der Waals surface area (Å²) in [6.07, 6.45) is 5.52. The lowest BCUT2D eigenvalue weighted by Crippen LogP contribution is -2.71. The van der Waals surface area contributed by atoms with Crippen LogP contribution in [0.25, 0.3) is 0 Å². The van der Waals surface area contributed by atoms with Crippen LogP contribution in [0.1, 0.15) is 46.5 Å². The highest BCUT2D eigenvalue weighted by Gasteiger charge is 2.58. The van der Waals surface area contributed by atoms with Crippen LogP contribution >= 0.6 is 35.7 Å². The van der Waals surface area contributed by atoms with E-state index in [1.54, 1.807) is 0 Å². The van der Waals surface area contributed by atoms with Crippen molar-refractivity contribution in [2.75, 3.05) is 26.0 Å². The number of hydrogen-bond donors (Lipinski definition) is 2. The summed E-state index contributed by atoms with van der Waals surface area (Å²) >= 11 is 2.09. The maximum Gasteiger partial charge on any atom is 0.191 e. The summed E-state index contributed by atoms with van der Waals surface area (Å²) in [6, 6.07) is 0.466. The van der Waals surface area contributed by atoms with Crippen LogP contribution in [0.15, 0.2) is 4.99 Å². The Bertz CT molecular complexity index is 438. The van der Waals surface area contributed by atoms with E-state index in [2.05, 4.69) is 48.2 Å². The van der Waals surface area contributed by atoms with Crippen LogP contribution < -0.4 is 10.6 Å². The van der Waals surface area contributed by atoms with Gasteiger partial charge in [0.2, 0.25) is 0 Å². The first-order valence-electron chi connectivity index (χ1n) is 8.69. The highest BCUT2D eigenvalue weighted by Crippen LogP contribution is 2.51. The average molecular weight is 453 g/mol. The van der Waals surface area contributed by atoms with E-state index < -0.39 is 0 Å². The first-order chi connectivity index (χ1) is 10.5. The van der Waals surface area contributed by atoms with Crippen molar-refractivity contribution in [1.29, 1.82) is 0 Å². The molecule has 6 heteroatoms. The van der Waals surface area contributed by atoms with Crippen LogP contribution in [0.5, 0.6) is 0 Å². The van der Waals surface area contributed by atoms with Gasteiger partial charge < -0.3 is 15.4 Å². The van der Waals surface area contributed by atoms with E-state index in [1.165, 1.54) is 31.4 Å². The minimum Gasteiger partial charge on any atom is -0.377 e. The van der Waals surface area contributed by atoms with E-state index in [9.17, 15) is 0 Å². The molecule has 3 aliphatic rings. The predicted molar refractivity (Wildman–Crippen MR) is 110 cm³/mol. The molecule has 4 atom stereocenters. The summed E-state index contributed by atoms with van der Waals surface area (Å²) in [7, 11) is 1.87. The zero-order valence-electron chi connectivity index (χ0n) is 14.9. The van der Waals surface area contributed by atoms with Gasteiger partial charge in [0.05, 0.1) is 6.10 Å². The van der Waals surface area contributed by atoms with Crippen molar-refractivity contribution in [2.24, 2.45) is 16.3 Å². The van der Waals surface area contributed by atoms with Crippen molar-refractivity contribution >= 4 is 41.7 Å². The first kappa shape index (κ1) is 19.6. The Labute approximate surface area is 162 Å². The molecule has 2 saturated heterocycles. The monoisotopic (exact) mass is 453 g/mol. The Hall–Kier alpha value is 0.310. The molecular formula is C17H32IN3OS. The van der Waals surface area contributed by atoms with Crippen LogP contribution in [0, 0.1) is 11.3 Å². The number of aliphatic imine (C=N–C) groups is 1. The third kappa shape index (κ3) is 3.94. The molecule has 3 fully saturated rings. The highest BCUT2D eigenvalue weighted by molar-refractivity contribution is 14.0. The van der Waals surface area contributed by atoms with Gasteiger partial charge in [-0.15, -0.1) is 24.0 Å². The van der Waals surface area contributed by atoms with Gasteiger partial charge in [0.1, 0.15) is 0 Å². The lowest BCUT2D eigenvalue weighted by molar-refractivity contribution is -0.188. The number of hydrogen-bond acceptors (Lipinski definition) is 3. The molecule has 2 heterocycles. The summed E-state index contributed by atoms with van der Waals surface area (Å²) in [4.78, 5) is 4.45. The Balaban J connectivity index is 0.00000192. The molecule has 23 heavy (non-hydrogen) atoms. The van der Waals surface area contributed by atoms with Gasteiger partial charge in [0, 0.05) is 42.3 Å². The van der Waals surface area contributed by atoms with E-state index in [0.29, 0.717) is 22.8 Å². The molecule has 0 amide bonds. The smallest absolute Gasteiger partial charge is 0.191 e. The maximum absolute atomic E-state index is 5.99. The van der Waals surface area contributed by atoms with Gasteiger partial charge in [-0.2, -0.15) is 11.8 Å². The van der Waals surface area contributed by atoms with Crippen LogP contribution in [0.2, 0.25) is 0 Å². The van der Waals surface area contributed by atoms with Gasteiger partial charge >= 0.3 is 0 Å². The summed E-state index contributed by atoms with van der Waals surface area (Å²) in [6.45, 7) is 8.93. The molecule has 2 aliphatic heterocycles. The SMILES string of the molecule is CN=C(NCC1(C)CCCS1)NC1C2CCCOC2C1(C)C.I. The summed E-state index contributed by atoms with van der Waals surface area (Å²) in [5.41, 5.74) is 0.189. The fourth-order valence-corrected chi connectivity index (χ4v) is 5.65. The van der Waals surface area contributed by atoms with Crippen molar-refractivity contribution in [3.8, 4) is 0 Å². The molecule has 134 valence electrons. The second kappa shape index (κ2) is 7.68. The predicted octanol–water partition coefficient (Wildman–Crippen LogP) is 3.26. The molecule has 0 aromatic rings. The summed E-state index contributed by atoms with van der Waals surface area (Å²) < 4.78 is 6.36. The van der Waals surface area contributed by atoms with Gasteiger partial charge in [0.15, 0.2) is 5.96 Å². The van der Waals surface area contributed by atoms with Crippen molar-refractivity contribution in [1.82, 2.24) is 10.6 Å². The molecule has 1 saturated carbocycles. The molecule has 3 rings (SSSR count). The minimum atomic E-state index is 0. The summed E-state index contributed by atoms with van der Waals surface area (Å²) in [5.74, 6) is 2.88. The molecular weight excluding hydrogens is 421 g/mol. The molecule has 0 aromatic carbocycles. The van der Waals surface area contributed by atoms with E-state index >= 15 is 0 Å². The van der Waals surface area contributed by atoms with Crippen molar-refractivity contribution < 1.29 is 4.74 Å². The topological polar surface area (TPSA) is 45.7 Å². The van der Waals surface area contributed by atoms with E-state index in [0.717, 1.165) is 19.1 Å². The van der Waals surface area contributed by atoms with E-state index in [-0.39, 0.29) is 29.4 Å². The van der Waals surface area contributed by atoms with E-state index in [1.807, 2.05) is 7.05 Å². The molecule has 4 nitrogen and oxygen atoms in total.